The Labute approximate surface area is 97.6 Å². The molecule has 0 aliphatic rings. The van der Waals surface area contributed by atoms with Crippen LogP contribution in [0.4, 0.5) is 0 Å². The standard InChI is InChI=1S/C13H9NO3/c15-12(9-4-2-1-3-5-9)11-8-14-7-6-10(11)13(16)17/h1-8H,(H,16,17). The van der Waals surface area contributed by atoms with Crippen LogP contribution in [0.5, 0.6) is 0 Å². The highest BCUT2D eigenvalue weighted by Gasteiger charge is 2.17. The van der Waals surface area contributed by atoms with Crippen molar-refractivity contribution < 1.29 is 14.7 Å². The fraction of sp³-hybridized carbons (Fsp3) is 0. The van der Waals surface area contributed by atoms with Gasteiger partial charge in [0, 0.05) is 18.0 Å². The van der Waals surface area contributed by atoms with E-state index in [1.165, 1.54) is 18.5 Å². The number of hydrogen-bond acceptors (Lipinski definition) is 3. The Hall–Kier alpha value is -2.49. The fourth-order valence-electron chi connectivity index (χ4n) is 1.51. The molecule has 2 rings (SSSR count). The highest BCUT2D eigenvalue weighted by molar-refractivity contribution is 6.13. The van der Waals surface area contributed by atoms with Crippen LogP contribution in [0, 0.1) is 0 Å². The van der Waals surface area contributed by atoms with Crippen LogP contribution in [-0.2, 0) is 0 Å². The van der Waals surface area contributed by atoms with Crippen molar-refractivity contribution in [2.24, 2.45) is 0 Å². The lowest BCUT2D eigenvalue weighted by molar-refractivity contribution is 0.0692. The lowest BCUT2D eigenvalue weighted by atomic mass is 10.0. The Kier molecular flexibility index (Phi) is 2.96. The van der Waals surface area contributed by atoms with Gasteiger partial charge in [-0.1, -0.05) is 30.3 Å². The van der Waals surface area contributed by atoms with Crippen molar-refractivity contribution in [1.82, 2.24) is 4.98 Å². The summed E-state index contributed by atoms with van der Waals surface area (Å²) in [6.07, 6.45) is 2.63. The smallest absolute Gasteiger partial charge is 0.336 e. The minimum absolute atomic E-state index is 0.0335. The van der Waals surface area contributed by atoms with E-state index in [1.807, 2.05) is 0 Å². The average molecular weight is 227 g/mol. The number of aromatic nitrogens is 1. The number of carboxylic acid groups (broad SMARTS) is 1. The highest BCUT2D eigenvalue weighted by Crippen LogP contribution is 2.13. The number of aromatic carboxylic acids is 1. The first-order chi connectivity index (χ1) is 8.20. The van der Waals surface area contributed by atoms with Crippen molar-refractivity contribution >= 4 is 11.8 Å². The zero-order valence-electron chi connectivity index (χ0n) is 8.83. The largest absolute Gasteiger partial charge is 0.478 e. The third kappa shape index (κ3) is 2.20. The number of nitrogens with zero attached hydrogens (tertiary/aromatic N) is 1. The molecule has 0 bridgehead atoms. The molecule has 0 amide bonds. The average Bonchev–Trinajstić information content (AvgIpc) is 2.39. The van der Waals surface area contributed by atoms with Crippen LogP contribution in [-0.4, -0.2) is 21.8 Å². The topological polar surface area (TPSA) is 67.3 Å². The summed E-state index contributed by atoms with van der Waals surface area (Å²) in [4.78, 5) is 26.8. The van der Waals surface area contributed by atoms with Crippen molar-refractivity contribution in [3.8, 4) is 0 Å². The molecule has 0 aliphatic carbocycles. The Morgan fingerprint density at radius 2 is 1.71 bits per heavy atom. The maximum atomic E-state index is 12.1. The second-order valence-corrected chi connectivity index (χ2v) is 3.42. The van der Waals surface area contributed by atoms with Crippen molar-refractivity contribution in [1.29, 1.82) is 0 Å². The Balaban J connectivity index is 2.48. The summed E-state index contributed by atoms with van der Waals surface area (Å²) in [5.41, 5.74) is 0.517. The molecule has 0 fully saturated rings. The zero-order chi connectivity index (χ0) is 12.3. The minimum Gasteiger partial charge on any atom is -0.478 e. The molecule has 1 N–H and O–H groups in total. The van der Waals surface area contributed by atoms with Gasteiger partial charge >= 0.3 is 5.97 Å². The molecule has 4 nitrogen and oxygen atoms in total. The lowest BCUT2D eigenvalue weighted by Crippen LogP contribution is -2.10. The summed E-state index contributed by atoms with van der Waals surface area (Å²) in [7, 11) is 0. The Bertz CT molecular complexity index is 564. The number of carbonyl (C=O) groups is 2. The van der Waals surface area contributed by atoms with E-state index >= 15 is 0 Å². The molecule has 0 aliphatic heterocycles. The molecule has 0 saturated heterocycles. The van der Waals surface area contributed by atoms with Gasteiger partial charge in [0.1, 0.15) is 0 Å². The predicted molar refractivity (Wildman–Crippen MR) is 61.1 cm³/mol. The zero-order valence-corrected chi connectivity index (χ0v) is 8.83. The first-order valence-corrected chi connectivity index (χ1v) is 4.97. The molecule has 1 heterocycles. The Morgan fingerprint density at radius 3 is 2.35 bits per heavy atom. The highest BCUT2D eigenvalue weighted by atomic mass is 16.4. The van der Waals surface area contributed by atoms with Crippen LogP contribution in [0.3, 0.4) is 0 Å². The molecule has 4 heteroatoms. The van der Waals surface area contributed by atoms with E-state index in [2.05, 4.69) is 4.98 Å². The van der Waals surface area contributed by atoms with Crippen molar-refractivity contribution in [3.05, 3.63) is 65.5 Å². The molecule has 0 spiro atoms. The van der Waals surface area contributed by atoms with Crippen LogP contribution in [0.1, 0.15) is 26.3 Å². The van der Waals surface area contributed by atoms with Gasteiger partial charge in [0.25, 0.3) is 0 Å². The van der Waals surface area contributed by atoms with E-state index in [-0.39, 0.29) is 16.9 Å². The normalized spacial score (nSPS) is 9.88. The predicted octanol–water partition coefficient (Wildman–Crippen LogP) is 2.01. The molecular weight excluding hydrogens is 218 g/mol. The van der Waals surface area contributed by atoms with E-state index < -0.39 is 5.97 Å². The molecule has 0 atom stereocenters. The maximum absolute atomic E-state index is 12.1. The monoisotopic (exact) mass is 227 g/mol. The van der Waals surface area contributed by atoms with E-state index in [1.54, 1.807) is 30.3 Å². The number of carbonyl (C=O) groups excluding carboxylic acids is 1. The molecule has 0 unspecified atom stereocenters. The van der Waals surface area contributed by atoms with E-state index in [0.29, 0.717) is 5.56 Å². The molecule has 84 valence electrons. The molecular formula is C13H9NO3. The Morgan fingerprint density at radius 1 is 1.00 bits per heavy atom. The minimum atomic E-state index is -1.13. The van der Waals surface area contributed by atoms with Crippen molar-refractivity contribution in [2.75, 3.05) is 0 Å². The third-order valence-corrected chi connectivity index (χ3v) is 2.33. The number of carboxylic acids is 1. The number of pyridine rings is 1. The lowest BCUT2D eigenvalue weighted by Gasteiger charge is -2.03. The summed E-state index contributed by atoms with van der Waals surface area (Å²) in [5, 5.41) is 8.98. The van der Waals surface area contributed by atoms with Gasteiger partial charge in [-0.05, 0) is 6.07 Å². The molecule has 2 aromatic rings. The van der Waals surface area contributed by atoms with Gasteiger partial charge in [-0.3, -0.25) is 9.78 Å². The molecule has 17 heavy (non-hydrogen) atoms. The van der Waals surface area contributed by atoms with Gasteiger partial charge in [0.05, 0.1) is 11.1 Å². The van der Waals surface area contributed by atoms with Gasteiger partial charge in [0.2, 0.25) is 0 Å². The van der Waals surface area contributed by atoms with Crippen LogP contribution in [0.15, 0.2) is 48.8 Å². The van der Waals surface area contributed by atoms with Crippen molar-refractivity contribution in [3.63, 3.8) is 0 Å². The fourth-order valence-corrected chi connectivity index (χ4v) is 1.51. The van der Waals surface area contributed by atoms with E-state index in [9.17, 15) is 9.59 Å². The third-order valence-electron chi connectivity index (χ3n) is 2.33. The van der Waals surface area contributed by atoms with E-state index in [4.69, 9.17) is 5.11 Å². The SMILES string of the molecule is O=C(O)c1ccncc1C(=O)c1ccccc1. The van der Waals surface area contributed by atoms with Crippen LogP contribution < -0.4 is 0 Å². The molecule has 1 aromatic heterocycles. The van der Waals surface area contributed by atoms with Gasteiger partial charge in [-0.25, -0.2) is 4.79 Å². The molecule has 1 aromatic carbocycles. The number of benzene rings is 1. The number of ketones is 1. The second kappa shape index (κ2) is 4.57. The molecule has 0 radical (unpaired) electrons. The van der Waals surface area contributed by atoms with Crippen molar-refractivity contribution in [2.45, 2.75) is 0 Å². The first-order valence-electron chi connectivity index (χ1n) is 4.97. The van der Waals surface area contributed by atoms with Gasteiger partial charge in [0.15, 0.2) is 5.78 Å². The maximum Gasteiger partial charge on any atom is 0.336 e. The summed E-state index contributed by atoms with van der Waals surface area (Å²) in [6.45, 7) is 0. The quantitative estimate of drug-likeness (QED) is 0.814. The van der Waals surface area contributed by atoms with Gasteiger partial charge < -0.3 is 5.11 Å². The van der Waals surface area contributed by atoms with Crippen LogP contribution in [0.2, 0.25) is 0 Å². The van der Waals surface area contributed by atoms with E-state index in [0.717, 1.165) is 0 Å². The van der Waals surface area contributed by atoms with Gasteiger partial charge in [-0.15, -0.1) is 0 Å². The second-order valence-electron chi connectivity index (χ2n) is 3.42. The van der Waals surface area contributed by atoms with Crippen LogP contribution >= 0.6 is 0 Å². The number of hydrogen-bond donors (Lipinski definition) is 1. The number of rotatable bonds is 3. The molecule has 0 saturated carbocycles. The summed E-state index contributed by atoms with van der Waals surface area (Å²) >= 11 is 0. The van der Waals surface area contributed by atoms with Gasteiger partial charge in [-0.2, -0.15) is 0 Å². The summed E-state index contributed by atoms with van der Waals surface area (Å²) in [6, 6.07) is 9.84. The first kappa shape index (κ1) is 11.0. The summed E-state index contributed by atoms with van der Waals surface area (Å²) < 4.78 is 0. The van der Waals surface area contributed by atoms with Crippen LogP contribution in [0.25, 0.3) is 0 Å². The summed E-state index contributed by atoms with van der Waals surface area (Å²) in [5.74, 6) is -1.47.